The highest BCUT2D eigenvalue weighted by atomic mass is 19.1. The van der Waals surface area contributed by atoms with Crippen molar-refractivity contribution in [1.29, 1.82) is 0 Å². The number of halogens is 2. The van der Waals surface area contributed by atoms with Gasteiger partial charge in [0.05, 0.1) is 0 Å². The first-order chi connectivity index (χ1) is 9.24. The zero-order chi connectivity index (χ0) is 13.2. The summed E-state index contributed by atoms with van der Waals surface area (Å²) in [5.41, 5.74) is 0.163. The standard InChI is InChI=1S/C15H20F2N2/c16-14-4-1-5-15(17)13(14)10-18-11-6-8-19-7-2-3-12(19)9-11/h1,4-5,11-12,18H,2-3,6-10H2. The minimum absolute atomic E-state index is 0.163. The number of rotatable bonds is 3. The van der Waals surface area contributed by atoms with Crippen molar-refractivity contribution < 1.29 is 8.78 Å². The van der Waals surface area contributed by atoms with E-state index in [-0.39, 0.29) is 12.1 Å². The van der Waals surface area contributed by atoms with E-state index in [2.05, 4.69) is 10.2 Å². The van der Waals surface area contributed by atoms with Gasteiger partial charge in [-0.15, -0.1) is 0 Å². The van der Waals surface area contributed by atoms with E-state index in [1.165, 1.54) is 37.6 Å². The van der Waals surface area contributed by atoms with Crippen molar-refractivity contribution in [3.05, 3.63) is 35.4 Å². The second-order valence-corrected chi connectivity index (χ2v) is 5.63. The molecule has 3 rings (SSSR count). The van der Waals surface area contributed by atoms with Gasteiger partial charge in [0.15, 0.2) is 0 Å². The Balaban J connectivity index is 1.58. The van der Waals surface area contributed by atoms with Crippen LogP contribution in [0.1, 0.15) is 31.2 Å². The summed E-state index contributed by atoms with van der Waals surface area (Å²) in [6, 6.07) is 5.11. The third-order valence-electron chi connectivity index (χ3n) is 4.45. The highest BCUT2D eigenvalue weighted by Gasteiger charge is 2.31. The van der Waals surface area contributed by atoms with Gasteiger partial charge in [-0.05, 0) is 50.9 Å². The van der Waals surface area contributed by atoms with E-state index in [1.807, 2.05) is 0 Å². The molecule has 0 bridgehead atoms. The minimum Gasteiger partial charge on any atom is -0.310 e. The van der Waals surface area contributed by atoms with Gasteiger partial charge in [0.1, 0.15) is 11.6 Å². The van der Waals surface area contributed by atoms with Crippen molar-refractivity contribution in [1.82, 2.24) is 10.2 Å². The van der Waals surface area contributed by atoms with Gasteiger partial charge in [-0.2, -0.15) is 0 Å². The smallest absolute Gasteiger partial charge is 0.130 e. The highest BCUT2D eigenvalue weighted by molar-refractivity contribution is 5.19. The third-order valence-corrected chi connectivity index (χ3v) is 4.45. The Bertz CT molecular complexity index is 430. The molecule has 104 valence electrons. The van der Waals surface area contributed by atoms with Crippen LogP contribution in [-0.4, -0.2) is 30.1 Å². The first-order valence-corrected chi connectivity index (χ1v) is 7.14. The largest absolute Gasteiger partial charge is 0.310 e. The van der Waals surface area contributed by atoms with E-state index in [4.69, 9.17) is 0 Å². The molecule has 4 heteroatoms. The van der Waals surface area contributed by atoms with E-state index >= 15 is 0 Å². The summed E-state index contributed by atoms with van der Waals surface area (Å²) >= 11 is 0. The van der Waals surface area contributed by atoms with Crippen LogP contribution in [0.4, 0.5) is 8.78 Å². The predicted octanol–water partition coefficient (Wildman–Crippen LogP) is 2.68. The number of nitrogens with zero attached hydrogens (tertiary/aromatic N) is 1. The van der Waals surface area contributed by atoms with Crippen LogP contribution in [0, 0.1) is 11.6 Å². The van der Waals surface area contributed by atoms with Gasteiger partial charge in [0, 0.05) is 24.2 Å². The first kappa shape index (κ1) is 13.0. The summed E-state index contributed by atoms with van der Waals surface area (Å²) in [6.45, 7) is 2.62. The van der Waals surface area contributed by atoms with Gasteiger partial charge in [-0.3, -0.25) is 0 Å². The normalized spacial score (nSPS) is 27.5. The molecule has 1 aromatic carbocycles. The van der Waals surface area contributed by atoms with E-state index in [0.29, 0.717) is 12.1 Å². The number of fused-ring (bicyclic) bond motifs is 1. The fourth-order valence-electron chi connectivity index (χ4n) is 3.36. The van der Waals surface area contributed by atoms with Gasteiger partial charge in [0.25, 0.3) is 0 Å². The topological polar surface area (TPSA) is 15.3 Å². The Morgan fingerprint density at radius 2 is 1.95 bits per heavy atom. The van der Waals surface area contributed by atoms with Gasteiger partial charge in [-0.1, -0.05) is 6.07 Å². The molecule has 2 aliphatic rings. The molecule has 2 heterocycles. The average molecular weight is 266 g/mol. The number of piperidine rings is 1. The maximum Gasteiger partial charge on any atom is 0.130 e. The number of hydrogen-bond acceptors (Lipinski definition) is 2. The van der Waals surface area contributed by atoms with Crippen molar-refractivity contribution in [2.45, 2.75) is 44.3 Å². The monoisotopic (exact) mass is 266 g/mol. The lowest BCUT2D eigenvalue weighted by molar-refractivity contribution is 0.166. The summed E-state index contributed by atoms with van der Waals surface area (Å²) < 4.78 is 27.1. The molecule has 2 nitrogen and oxygen atoms in total. The molecule has 19 heavy (non-hydrogen) atoms. The molecule has 2 unspecified atom stereocenters. The molecule has 2 atom stereocenters. The molecule has 0 saturated carbocycles. The van der Waals surface area contributed by atoms with Crippen LogP contribution >= 0.6 is 0 Å². The molecule has 2 fully saturated rings. The second-order valence-electron chi connectivity index (χ2n) is 5.63. The fourth-order valence-corrected chi connectivity index (χ4v) is 3.36. The average Bonchev–Trinajstić information content (AvgIpc) is 2.85. The summed E-state index contributed by atoms with van der Waals surface area (Å²) in [5, 5.41) is 3.33. The summed E-state index contributed by atoms with van der Waals surface area (Å²) in [6.07, 6.45) is 4.74. The Hall–Kier alpha value is -1.00. The SMILES string of the molecule is Fc1cccc(F)c1CNC1CCN2CCCC2C1. The van der Waals surface area contributed by atoms with E-state index in [1.54, 1.807) is 0 Å². The predicted molar refractivity (Wildman–Crippen MR) is 70.8 cm³/mol. The molecule has 0 radical (unpaired) electrons. The van der Waals surface area contributed by atoms with Gasteiger partial charge in [0.2, 0.25) is 0 Å². The Labute approximate surface area is 112 Å². The molecule has 0 amide bonds. The molecule has 0 aromatic heterocycles. The zero-order valence-electron chi connectivity index (χ0n) is 11.0. The van der Waals surface area contributed by atoms with Gasteiger partial charge in [-0.25, -0.2) is 8.78 Å². The summed E-state index contributed by atoms with van der Waals surface area (Å²) in [5.74, 6) is -0.906. The molecule has 1 aromatic rings. The Morgan fingerprint density at radius 1 is 1.16 bits per heavy atom. The lowest BCUT2D eigenvalue weighted by Gasteiger charge is -2.35. The number of benzene rings is 1. The third kappa shape index (κ3) is 2.79. The van der Waals surface area contributed by atoms with E-state index in [0.717, 1.165) is 19.4 Å². The van der Waals surface area contributed by atoms with Crippen LogP contribution in [0.3, 0.4) is 0 Å². The van der Waals surface area contributed by atoms with Crippen molar-refractivity contribution >= 4 is 0 Å². The lowest BCUT2D eigenvalue weighted by Crippen LogP contribution is -2.45. The van der Waals surface area contributed by atoms with Gasteiger partial charge >= 0.3 is 0 Å². The first-order valence-electron chi connectivity index (χ1n) is 7.14. The van der Waals surface area contributed by atoms with Crippen LogP contribution in [0.2, 0.25) is 0 Å². The molecule has 1 N–H and O–H groups in total. The Morgan fingerprint density at radius 3 is 2.74 bits per heavy atom. The zero-order valence-corrected chi connectivity index (χ0v) is 11.0. The molecule has 2 aliphatic heterocycles. The van der Waals surface area contributed by atoms with Crippen molar-refractivity contribution in [3.63, 3.8) is 0 Å². The molecular weight excluding hydrogens is 246 g/mol. The van der Waals surface area contributed by atoms with E-state index in [9.17, 15) is 8.78 Å². The van der Waals surface area contributed by atoms with Crippen molar-refractivity contribution in [2.24, 2.45) is 0 Å². The maximum absolute atomic E-state index is 13.5. The van der Waals surface area contributed by atoms with E-state index < -0.39 is 11.6 Å². The number of nitrogens with one attached hydrogen (secondary N) is 1. The minimum atomic E-state index is -0.453. The van der Waals surface area contributed by atoms with Crippen LogP contribution < -0.4 is 5.32 Å². The summed E-state index contributed by atoms with van der Waals surface area (Å²) in [7, 11) is 0. The lowest BCUT2D eigenvalue weighted by atomic mass is 9.97. The molecule has 0 aliphatic carbocycles. The maximum atomic E-state index is 13.5. The second kappa shape index (κ2) is 5.55. The Kier molecular flexibility index (Phi) is 3.80. The molecule has 0 spiro atoms. The van der Waals surface area contributed by atoms with Gasteiger partial charge < -0.3 is 10.2 Å². The quantitative estimate of drug-likeness (QED) is 0.905. The van der Waals surface area contributed by atoms with Crippen LogP contribution in [0.15, 0.2) is 18.2 Å². The van der Waals surface area contributed by atoms with Crippen LogP contribution in [0.25, 0.3) is 0 Å². The van der Waals surface area contributed by atoms with Crippen LogP contribution in [0.5, 0.6) is 0 Å². The highest BCUT2D eigenvalue weighted by Crippen LogP contribution is 2.27. The number of hydrogen-bond donors (Lipinski definition) is 1. The molecular formula is C15H20F2N2. The van der Waals surface area contributed by atoms with Crippen LogP contribution in [-0.2, 0) is 6.54 Å². The molecule has 2 saturated heterocycles. The van der Waals surface area contributed by atoms with Crippen molar-refractivity contribution in [3.8, 4) is 0 Å². The fraction of sp³-hybridized carbons (Fsp3) is 0.600. The summed E-state index contributed by atoms with van der Waals surface area (Å²) in [4.78, 5) is 2.54. The van der Waals surface area contributed by atoms with Crippen molar-refractivity contribution in [2.75, 3.05) is 13.1 Å².